The van der Waals surface area contributed by atoms with Gasteiger partial charge in [0.1, 0.15) is 0 Å². The normalized spacial score (nSPS) is 29.3. The minimum atomic E-state index is -1.85. The predicted octanol–water partition coefficient (Wildman–Crippen LogP) is -0.156. The van der Waals surface area contributed by atoms with Gasteiger partial charge < -0.3 is 4.74 Å². The molecule has 0 radical (unpaired) electrons. The van der Waals surface area contributed by atoms with E-state index in [2.05, 4.69) is 0 Å². The van der Waals surface area contributed by atoms with E-state index in [1.807, 2.05) is 0 Å². The Morgan fingerprint density at radius 3 is 2.90 bits per heavy atom. The molecule has 0 bridgehead atoms. The molecule has 0 amide bonds. The Kier molecular flexibility index (Phi) is 2.79. The highest BCUT2D eigenvalue weighted by molar-refractivity contribution is 7.76. The van der Waals surface area contributed by atoms with Gasteiger partial charge in [0.05, 0.1) is 6.61 Å². The molecule has 1 N–H and O–H groups in total. The van der Waals surface area contributed by atoms with Crippen LogP contribution in [-0.4, -0.2) is 39.4 Å². The van der Waals surface area contributed by atoms with Crippen LogP contribution in [-0.2, 0) is 16.0 Å². The lowest BCUT2D eigenvalue weighted by atomic mass is 10.3. The minimum absolute atomic E-state index is 0.117. The summed E-state index contributed by atoms with van der Waals surface area (Å²) in [6.45, 7) is 1.27. The summed E-state index contributed by atoms with van der Waals surface area (Å²) in [7, 11) is 1.62. The van der Waals surface area contributed by atoms with Crippen LogP contribution >= 0.6 is 0 Å². The van der Waals surface area contributed by atoms with E-state index in [1.165, 1.54) is 4.31 Å². The topological polar surface area (TPSA) is 49.8 Å². The van der Waals surface area contributed by atoms with Crippen molar-refractivity contribution in [2.24, 2.45) is 0 Å². The summed E-state index contributed by atoms with van der Waals surface area (Å²) in [6, 6.07) is 0.117. The molecule has 1 saturated heterocycles. The molecule has 2 unspecified atom stereocenters. The molecule has 0 aliphatic carbocycles. The zero-order valence-corrected chi connectivity index (χ0v) is 6.63. The van der Waals surface area contributed by atoms with E-state index < -0.39 is 11.3 Å². The Balaban J connectivity index is 2.39. The Hall–Kier alpha value is 0.0300. The first-order valence-electron chi connectivity index (χ1n) is 3.13. The van der Waals surface area contributed by atoms with E-state index in [-0.39, 0.29) is 6.04 Å². The summed E-state index contributed by atoms with van der Waals surface area (Å²) in [4.78, 5) is 0. The van der Waals surface area contributed by atoms with Gasteiger partial charge in [-0.25, -0.2) is 4.21 Å². The van der Waals surface area contributed by atoms with Gasteiger partial charge in [-0.3, -0.25) is 4.55 Å². The molecule has 1 aliphatic rings. The van der Waals surface area contributed by atoms with Crippen molar-refractivity contribution >= 4 is 11.3 Å². The van der Waals surface area contributed by atoms with Crippen LogP contribution in [0.15, 0.2) is 0 Å². The van der Waals surface area contributed by atoms with Gasteiger partial charge in [0.2, 0.25) is 11.3 Å². The van der Waals surface area contributed by atoms with Crippen LogP contribution < -0.4 is 0 Å². The molecule has 0 aromatic rings. The van der Waals surface area contributed by atoms with E-state index in [9.17, 15) is 4.21 Å². The second-order valence-corrected chi connectivity index (χ2v) is 3.33. The smallest absolute Gasteiger partial charge is 0.234 e. The Labute approximate surface area is 62.6 Å². The number of nitrogens with zero attached hydrogens (tertiary/aromatic N) is 1. The predicted molar refractivity (Wildman–Crippen MR) is 37.8 cm³/mol. The first-order chi connectivity index (χ1) is 4.72. The van der Waals surface area contributed by atoms with Crippen LogP contribution in [0.3, 0.4) is 0 Å². The number of rotatable bonds is 2. The van der Waals surface area contributed by atoms with E-state index in [0.717, 1.165) is 6.42 Å². The standard InChI is InChI=1S/C5H11NO3S/c1-6(10(7)8)5-2-3-9-4-5/h5H,2-4H2,1H3,(H,7,8). The molecule has 1 rings (SSSR count). The maximum Gasteiger partial charge on any atom is 0.234 e. The first-order valence-corrected chi connectivity index (χ1v) is 4.19. The number of hydrogen-bond donors (Lipinski definition) is 1. The molecule has 1 fully saturated rings. The first kappa shape index (κ1) is 8.13. The third-order valence-corrected chi connectivity index (χ3v) is 2.46. The summed E-state index contributed by atoms with van der Waals surface area (Å²) in [5.41, 5.74) is 0. The van der Waals surface area contributed by atoms with E-state index >= 15 is 0 Å². The molecule has 0 spiro atoms. The number of likely N-dealkylation sites (N-methyl/N-ethyl adjacent to an activating group) is 1. The van der Waals surface area contributed by atoms with Gasteiger partial charge in [-0.15, -0.1) is 0 Å². The Morgan fingerprint density at radius 1 is 1.80 bits per heavy atom. The highest BCUT2D eigenvalue weighted by Gasteiger charge is 2.22. The molecule has 0 aromatic heterocycles. The van der Waals surface area contributed by atoms with Crippen molar-refractivity contribution in [2.45, 2.75) is 12.5 Å². The van der Waals surface area contributed by atoms with Crippen LogP contribution in [0.5, 0.6) is 0 Å². The van der Waals surface area contributed by atoms with Crippen LogP contribution in [0.1, 0.15) is 6.42 Å². The molecular weight excluding hydrogens is 154 g/mol. The van der Waals surface area contributed by atoms with E-state index in [4.69, 9.17) is 9.29 Å². The van der Waals surface area contributed by atoms with Gasteiger partial charge in [0.25, 0.3) is 0 Å². The van der Waals surface area contributed by atoms with Gasteiger partial charge in [-0.1, -0.05) is 0 Å². The van der Waals surface area contributed by atoms with Crippen molar-refractivity contribution in [3.63, 3.8) is 0 Å². The van der Waals surface area contributed by atoms with Crippen molar-refractivity contribution in [1.82, 2.24) is 4.31 Å². The van der Waals surface area contributed by atoms with E-state index in [1.54, 1.807) is 7.05 Å². The quantitative estimate of drug-likeness (QED) is 0.579. The highest BCUT2D eigenvalue weighted by atomic mass is 32.2. The van der Waals surface area contributed by atoms with Gasteiger partial charge in [0, 0.05) is 19.7 Å². The summed E-state index contributed by atoms with van der Waals surface area (Å²) in [6.07, 6.45) is 0.850. The third kappa shape index (κ3) is 1.76. The molecule has 10 heavy (non-hydrogen) atoms. The number of hydrogen-bond acceptors (Lipinski definition) is 2. The largest absolute Gasteiger partial charge is 0.380 e. The zero-order chi connectivity index (χ0) is 7.56. The van der Waals surface area contributed by atoms with Gasteiger partial charge in [0.15, 0.2) is 0 Å². The van der Waals surface area contributed by atoms with Crippen molar-refractivity contribution < 1.29 is 13.5 Å². The monoisotopic (exact) mass is 165 g/mol. The highest BCUT2D eigenvalue weighted by Crippen LogP contribution is 2.10. The van der Waals surface area contributed by atoms with Gasteiger partial charge in [-0.2, -0.15) is 4.31 Å². The molecule has 1 heterocycles. The SMILES string of the molecule is CN(C1CCOC1)S(=O)O. The summed E-state index contributed by atoms with van der Waals surface area (Å²) in [5, 5.41) is 0. The lowest BCUT2D eigenvalue weighted by molar-refractivity contribution is 0.180. The maximum absolute atomic E-state index is 10.5. The lowest BCUT2D eigenvalue weighted by Crippen LogP contribution is -2.33. The fraction of sp³-hybridized carbons (Fsp3) is 1.00. The van der Waals surface area contributed by atoms with Crippen LogP contribution in [0.4, 0.5) is 0 Å². The second-order valence-electron chi connectivity index (χ2n) is 2.29. The van der Waals surface area contributed by atoms with E-state index in [0.29, 0.717) is 13.2 Å². The average molecular weight is 165 g/mol. The fourth-order valence-corrected chi connectivity index (χ4v) is 1.36. The van der Waals surface area contributed by atoms with Crippen molar-refractivity contribution in [3.05, 3.63) is 0 Å². The van der Waals surface area contributed by atoms with Crippen molar-refractivity contribution in [3.8, 4) is 0 Å². The number of ether oxygens (including phenoxy) is 1. The molecule has 0 aromatic carbocycles. The third-order valence-electron chi connectivity index (χ3n) is 1.67. The van der Waals surface area contributed by atoms with Crippen molar-refractivity contribution in [1.29, 1.82) is 0 Å². The summed E-state index contributed by atoms with van der Waals surface area (Å²) in [5.74, 6) is 0. The molecule has 0 saturated carbocycles. The molecule has 4 nitrogen and oxygen atoms in total. The second kappa shape index (κ2) is 3.43. The average Bonchev–Trinajstić information content (AvgIpc) is 2.36. The van der Waals surface area contributed by atoms with Crippen LogP contribution in [0.2, 0.25) is 0 Å². The summed E-state index contributed by atoms with van der Waals surface area (Å²) >= 11 is -1.85. The summed E-state index contributed by atoms with van der Waals surface area (Å²) < 4.78 is 25.5. The van der Waals surface area contributed by atoms with Gasteiger partial charge in [-0.05, 0) is 6.42 Å². The van der Waals surface area contributed by atoms with Crippen molar-refractivity contribution in [2.75, 3.05) is 20.3 Å². The van der Waals surface area contributed by atoms with Crippen LogP contribution in [0.25, 0.3) is 0 Å². The maximum atomic E-state index is 10.5. The molecular formula is C5H11NO3S. The Morgan fingerprint density at radius 2 is 2.50 bits per heavy atom. The molecule has 60 valence electrons. The van der Waals surface area contributed by atoms with Crippen LogP contribution in [0, 0.1) is 0 Å². The molecule has 5 heteroatoms. The Bertz CT molecular complexity index is 135. The van der Waals surface area contributed by atoms with Gasteiger partial charge >= 0.3 is 0 Å². The zero-order valence-electron chi connectivity index (χ0n) is 5.82. The minimum Gasteiger partial charge on any atom is -0.380 e. The molecule has 1 aliphatic heterocycles. The fourth-order valence-electron chi connectivity index (χ4n) is 0.936. The lowest BCUT2D eigenvalue weighted by Gasteiger charge is -2.16. The molecule has 2 atom stereocenters.